The normalized spacial score (nSPS) is 26.1. The molecular formula is C14H21FN2. The number of hydrogen-bond acceptors (Lipinski definition) is 2. The molecule has 1 N–H and O–H groups in total. The lowest BCUT2D eigenvalue weighted by Gasteiger charge is -2.37. The molecule has 94 valence electrons. The third kappa shape index (κ3) is 3.05. The van der Waals surface area contributed by atoms with Gasteiger partial charge in [0.05, 0.1) is 0 Å². The van der Waals surface area contributed by atoms with Crippen LogP contribution < -0.4 is 5.32 Å². The van der Waals surface area contributed by atoms with Gasteiger partial charge in [-0.25, -0.2) is 4.39 Å². The summed E-state index contributed by atoms with van der Waals surface area (Å²) in [5.41, 5.74) is 2.27. The lowest BCUT2D eigenvalue weighted by molar-refractivity contribution is 0.138. The molecule has 0 radical (unpaired) electrons. The molecule has 1 aromatic carbocycles. The molecule has 2 nitrogen and oxygen atoms in total. The zero-order chi connectivity index (χ0) is 12.4. The molecule has 2 unspecified atom stereocenters. The SMILES string of the molecule is Cc1ccc(F)cc1CN1CC(C)NCC1C. The summed E-state index contributed by atoms with van der Waals surface area (Å²) in [5.74, 6) is -0.138. The Labute approximate surface area is 103 Å². The molecule has 0 aromatic heterocycles. The Bertz CT molecular complexity index is 392. The van der Waals surface area contributed by atoms with Crippen LogP contribution in [-0.2, 0) is 6.54 Å². The standard InChI is InChI=1S/C14H21FN2/c1-10-4-5-14(15)6-13(10)9-17-8-11(2)16-7-12(17)3/h4-6,11-12,16H,7-9H2,1-3H3. The lowest BCUT2D eigenvalue weighted by atomic mass is 10.1. The highest BCUT2D eigenvalue weighted by Crippen LogP contribution is 2.16. The van der Waals surface area contributed by atoms with E-state index in [1.54, 1.807) is 6.07 Å². The van der Waals surface area contributed by atoms with Gasteiger partial charge in [-0.05, 0) is 44.0 Å². The molecule has 2 rings (SSSR count). The molecule has 0 amide bonds. The summed E-state index contributed by atoms with van der Waals surface area (Å²) >= 11 is 0. The molecule has 0 spiro atoms. The van der Waals surface area contributed by atoms with Crippen LogP contribution in [0.3, 0.4) is 0 Å². The van der Waals surface area contributed by atoms with Gasteiger partial charge in [-0.15, -0.1) is 0 Å². The van der Waals surface area contributed by atoms with Crippen LogP contribution in [-0.4, -0.2) is 30.1 Å². The summed E-state index contributed by atoms with van der Waals surface area (Å²) < 4.78 is 13.2. The maximum Gasteiger partial charge on any atom is 0.123 e. The fourth-order valence-electron chi connectivity index (χ4n) is 2.35. The monoisotopic (exact) mass is 236 g/mol. The summed E-state index contributed by atoms with van der Waals surface area (Å²) in [4.78, 5) is 2.42. The third-order valence-corrected chi connectivity index (χ3v) is 3.58. The van der Waals surface area contributed by atoms with E-state index in [1.807, 2.05) is 13.0 Å². The number of benzene rings is 1. The minimum absolute atomic E-state index is 0.138. The molecule has 3 heteroatoms. The Morgan fingerprint density at radius 2 is 2.18 bits per heavy atom. The van der Waals surface area contributed by atoms with E-state index >= 15 is 0 Å². The average molecular weight is 236 g/mol. The quantitative estimate of drug-likeness (QED) is 0.847. The van der Waals surface area contributed by atoms with Gasteiger partial charge in [-0.3, -0.25) is 4.90 Å². The maximum atomic E-state index is 13.2. The van der Waals surface area contributed by atoms with Crippen LogP contribution in [0.1, 0.15) is 25.0 Å². The predicted molar refractivity (Wildman–Crippen MR) is 68.5 cm³/mol. The fraction of sp³-hybridized carbons (Fsp3) is 0.571. The highest BCUT2D eigenvalue weighted by atomic mass is 19.1. The topological polar surface area (TPSA) is 15.3 Å². The van der Waals surface area contributed by atoms with Gasteiger partial charge in [0.15, 0.2) is 0 Å². The van der Waals surface area contributed by atoms with Crippen molar-refractivity contribution in [2.45, 2.75) is 39.4 Å². The number of rotatable bonds is 2. The highest BCUT2D eigenvalue weighted by molar-refractivity contribution is 5.26. The minimum atomic E-state index is -0.138. The molecular weight excluding hydrogens is 215 g/mol. The largest absolute Gasteiger partial charge is 0.311 e. The van der Waals surface area contributed by atoms with E-state index in [2.05, 4.69) is 24.1 Å². The Hall–Kier alpha value is -0.930. The second kappa shape index (κ2) is 5.15. The minimum Gasteiger partial charge on any atom is -0.311 e. The molecule has 0 bridgehead atoms. The molecule has 0 saturated carbocycles. The molecule has 1 heterocycles. The Morgan fingerprint density at radius 3 is 2.94 bits per heavy atom. The van der Waals surface area contributed by atoms with Gasteiger partial charge >= 0.3 is 0 Å². The number of nitrogens with zero attached hydrogens (tertiary/aromatic N) is 1. The highest BCUT2D eigenvalue weighted by Gasteiger charge is 2.22. The van der Waals surface area contributed by atoms with Crippen molar-refractivity contribution in [3.05, 3.63) is 35.1 Å². The van der Waals surface area contributed by atoms with Crippen molar-refractivity contribution in [1.82, 2.24) is 10.2 Å². The number of aryl methyl sites for hydroxylation is 1. The van der Waals surface area contributed by atoms with Crippen molar-refractivity contribution in [2.75, 3.05) is 13.1 Å². The van der Waals surface area contributed by atoms with E-state index in [-0.39, 0.29) is 5.82 Å². The van der Waals surface area contributed by atoms with Gasteiger partial charge < -0.3 is 5.32 Å². The summed E-state index contributed by atoms with van der Waals surface area (Å²) in [6, 6.07) is 6.08. The summed E-state index contributed by atoms with van der Waals surface area (Å²) in [6.07, 6.45) is 0. The summed E-state index contributed by atoms with van der Waals surface area (Å²) in [5, 5.41) is 3.46. The van der Waals surface area contributed by atoms with Crippen LogP contribution in [0.15, 0.2) is 18.2 Å². The van der Waals surface area contributed by atoms with E-state index in [0.717, 1.165) is 25.2 Å². The van der Waals surface area contributed by atoms with Gasteiger partial charge in [0, 0.05) is 31.7 Å². The first kappa shape index (κ1) is 12.5. The maximum absolute atomic E-state index is 13.2. The molecule has 17 heavy (non-hydrogen) atoms. The first-order valence-corrected chi connectivity index (χ1v) is 6.28. The third-order valence-electron chi connectivity index (χ3n) is 3.58. The molecule has 1 saturated heterocycles. The number of halogens is 1. The van der Waals surface area contributed by atoms with Crippen molar-refractivity contribution < 1.29 is 4.39 Å². The zero-order valence-corrected chi connectivity index (χ0v) is 10.8. The van der Waals surface area contributed by atoms with Crippen LogP contribution in [0.25, 0.3) is 0 Å². The van der Waals surface area contributed by atoms with Gasteiger partial charge in [0.2, 0.25) is 0 Å². The van der Waals surface area contributed by atoms with E-state index in [9.17, 15) is 4.39 Å². The van der Waals surface area contributed by atoms with Crippen molar-refractivity contribution in [3.63, 3.8) is 0 Å². The second-order valence-electron chi connectivity index (χ2n) is 5.16. The Kier molecular flexibility index (Phi) is 3.79. The van der Waals surface area contributed by atoms with Gasteiger partial charge in [0.25, 0.3) is 0 Å². The van der Waals surface area contributed by atoms with Crippen LogP contribution >= 0.6 is 0 Å². The smallest absolute Gasteiger partial charge is 0.123 e. The summed E-state index contributed by atoms with van der Waals surface area (Å²) in [7, 11) is 0. The molecule has 0 aliphatic carbocycles. The van der Waals surface area contributed by atoms with E-state index < -0.39 is 0 Å². The zero-order valence-electron chi connectivity index (χ0n) is 10.8. The Balaban J connectivity index is 2.11. The van der Waals surface area contributed by atoms with Gasteiger partial charge in [0.1, 0.15) is 5.82 Å². The molecule has 1 fully saturated rings. The average Bonchev–Trinajstić information content (AvgIpc) is 2.28. The number of piperazine rings is 1. The summed E-state index contributed by atoms with van der Waals surface area (Å²) in [6.45, 7) is 9.33. The van der Waals surface area contributed by atoms with Crippen LogP contribution in [0, 0.1) is 12.7 Å². The first-order valence-electron chi connectivity index (χ1n) is 6.28. The van der Waals surface area contributed by atoms with Crippen LogP contribution in [0.2, 0.25) is 0 Å². The number of nitrogens with one attached hydrogen (secondary N) is 1. The molecule has 1 aliphatic rings. The fourth-order valence-corrected chi connectivity index (χ4v) is 2.35. The predicted octanol–water partition coefficient (Wildman–Crippen LogP) is 2.32. The van der Waals surface area contributed by atoms with Crippen molar-refractivity contribution in [1.29, 1.82) is 0 Å². The van der Waals surface area contributed by atoms with Gasteiger partial charge in [-0.1, -0.05) is 6.07 Å². The Morgan fingerprint density at radius 1 is 1.41 bits per heavy atom. The van der Waals surface area contributed by atoms with Gasteiger partial charge in [-0.2, -0.15) is 0 Å². The van der Waals surface area contributed by atoms with Crippen LogP contribution in [0.5, 0.6) is 0 Å². The molecule has 1 aliphatic heterocycles. The molecule has 1 aromatic rings. The lowest BCUT2D eigenvalue weighted by Crippen LogP contribution is -2.53. The molecule has 2 atom stereocenters. The van der Waals surface area contributed by atoms with Crippen LogP contribution in [0.4, 0.5) is 4.39 Å². The van der Waals surface area contributed by atoms with E-state index in [4.69, 9.17) is 0 Å². The van der Waals surface area contributed by atoms with Crippen molar-refractivity contribution in [3.8, 4) is 0 Å². The van der Waals surface area contributed by atoms with E-state index in [0.29, 0.717) is 12.1 Å². The first-order chi connectivity index (χ1) is 8.06. The van der Waals surface area contributed by atoms with E-state index in [1.165, 1.54) is 11.6 Å². The second-order valence-corrected chi connectivity index (χ2v) is 5.16. The van der Waals surface area contributed by atoms with Crippen molar-refractivity contribution in [2.24, 2.45) is 0 Å². The van der Waals surface area contributed by atoms with Crippen molar-refractivity contribution >= 4 is 0 Å². The number of hydrogen-bond donors (Lipinski definition) is 1.